The second kappa shape index (κ2) is 4.50. The number of halogens is 1. The Kier molecular flexibility index (Phi) is 3.84. The first-order valence-corrected chi connectivity index (χ1v) is 6.57. The van der Waals surface area contributed by atoms with Gasteiger partial charge >= 0.3 is 7.60 Å². The van der Waals surface area contributed by atoms with Crippen LogP contribution in [-0.4, -0.2) is 31.1 Å². The van der Waals surface area contributed by atoms with E-state index in [1.807, 2.05) is 0 Å². The van der Waals surface area contributed by atoms with E-state index in [1.165, 1.54) is 6.33 Å². The Morgan fingerprint density at radius 2 is 2.38 bits per heavy atom. The Morgan fingerprint density at radius 1 is 1.69 bits per heavy atom. The SMILES string of the molecule is O=P(O)(O)CCC(I)c1nc[nH]n1. The summed E-state index contributed by atoms with van der Waals surface area (Å²) in [4.78, 5) is 21.1. The molecule has 0 radical (unpaired) electrons. The average molecular weight is 317 g/mol. The molecule has 0 saturated heterocycles. The number of rotatable bonds is 4. The van der Waals surface area contributed by atoms with Crippen molar-refractivity contribution >= 4 is 30.2 Å². The highest BCUT2D eigenvalue weighted by atomic mass is 127. The Balaban J connectivity index is 2.43. The van der Waals surface area contributed by atoms with Gasteiger partial charge in [-0.05, 0) is 6.42 Å². The van der Waals surface area contributed by atoms with Gasteiger partial charge in [-0.25, -0.2) is 4.98 Å². The van der Waals surface area contributed by atoms with Crippen molar-refractivity contribution in [2.45, 2.75) is 10.3 Å². The van der Waals surface area contributed by atoms with Crippen molar-refractivity contribution in [3.05, 3.63) is 12.2 Å². The van der Waals surface area contributed by atoms with Crippen LogP contribution in [-0.2, 0) is 4.57 Å². The molecule has 1 aromatic heterocycles. The van der Waals surface area contributed by atoms with E-state index in [0.29, 0.717) is 12.2 Å². The summed E-state index contributed by atoms with van der Waals surface area (Å²) >= 11 is 2.06. The molecule has 0 aliphatic rings. The highest BCUT2D eigenvalue weighted by Gasteiger charge is 2.18. The quantitative estimate of drug-likeness (QED) is 0.434. The minimum atomic E-state index is -3.89. The lowest BCUT2D eigenvalue weighted by molar-refractivity contribution is 0.371. The fraction of sp³-hybridized carbons (Fsp3) is 0.600. The third-order valence-electron chi connectivity index (χ3n) is 1.39. The van der Waals surface area contributed by atoms with Crippen LogP contribution in [0.25, 0.3) is 0 Å². The Morgan fingerprint density at radius 3 is 2.85 bits per heavy atom. The third kappa shape index (κ3) is 4.17. The number of alkyl halides is 1. The van der Waals surface area contributed by atoms with Crippen LogP contribution in [0.2, 0.25) is 0 Å². The first-order valence-electron chi connectivity index (χ1n) is 3.53. The van der Waals surface area contributed by atoms with Crippen molar-refractivity contribution in [3.63, 3.8) is 0 Å². The minimum absolute atomic E-state index is 0.0588. The summed E-state index contributed by atoms with van der Waals surface area (Å²) in [5.41, 5.74) is 0. The molecule has 6 nitrogen and oxygen atoms in total. The maximum absolute atomic E-state index is 10.5. The van der Waals surface area contributed by atoms with Crippen LogP contribution >= 0.6 is 30.2 Å². The fourth-order valence-electron chi connectivity index (χ4n) is 0.780. The van der Waals surface area contributed by atoms with E-state index >= 15 is 0 Å². The molecule has 13 heavy (non-hydrogen) atoms. The molecular formula is C5H9IN3O3P. The fourth-order valence-corrected chi connectivity index (χ4v) is 2.48. The van der Waals surface area contributed by atoms with E-state index in [0.717, 1.165) is 0 Å². The molecule has 0 aliphatic heterocycles. The number of aromatic amines is 1. The number of H-pyrrole nitrogens is 1. The van der Waals surface area contributed by atoms with Gasteiger partial charge in [-0.1, -0.05) is 22.6 Å². The van der Waals surface area contributed by atoms with Crippen molar-refractivity contribution < 1.29 is 14.4 Å². The van der Waals surface area contributed by atoms with Gasteiger partial charge in [0.1, 0.15) is 6.33 Å². The summed E-state index contributed by atoms with van der Waals surface area (Å²) in [6, 6.07) is 0. The normalized spacial score (nSPS) is 14.4. The van der Waals surface area contributed by atoms with E-state index in [9.17, 15) is 4.57 Å². The van der Waals surface area contributed by atoms with Crippen molar-refractivity contribution in [2.75, 3.05) is 6.16 Å². The van der Waals surface area contributed by atoms with E-state index in [2.05, 4.69) is 37.8 Å². The number of hydrogen-bond acceptors (Lipinski definition) is 3. The molecule has 74 valence electrons. The molecule has 8 heteroatoms. The Labute approximate surface area is 88.5 Å². The van der Waals surface area contributed by atoms with Gasteiger partial charge in [0, 0.05) is 0 Å². The first-order chi connectivity index (χ1) is 5.99. The molecule has 0 saturated carbocycles. The molecule has 0 spiro atoms. The molecule has 1 rings (SSSR count). The van der Waals surface area contributed by atoms with Crippen LogP contribution in [0.1, 0.15) is 16.2 Å². The lowest BCUT2D eigenvalue weighted by Crippen LogP contribution is -1.97. The zero-order chi connectivity index (χ0) is 9.90. The first kappa shape index (κ1) is 11.1. The maximum Gasteiger partial charge on any atom is 0.325 e. The standard InChI is InChI=1S/C5H9IN3O3P/c6-4(1-2-13(10,11)12)5-7-3-8-9-5/h3-4H,1-2H2,(H,7,8,9)(H2,10,11,12). The topological polar surface area (TPSA) is 99.1 Å². The summed E-state index contributed by atoms with van der Waals surface area (Å²) in [5, 5.41) is 6.37. The highest BCUT2D eigenvalue weighted by Crippen LogP contribution is 2.38. The number of aromatic nitrogens is 3. The minimum Gasteiger partial charge on any atom is -0.324 e. The molecule has 1 atom stereocenters. The van der Waals surface area contributed by atoms with Crippen molar-refractivity contribution in [2.24, 2.45) is 0 Å². The van der Waals surface area contributed by atoms with E-state index in [4.69, 9.17) is 9.79 Å². The second-order valence-electron chi connectivity index (χ2n) is 2.50. The van der Waals surface area contributed by atoms with E-state index in [-0.39, 0.29) is 10.1 Å². The summed E-state index contributed by atoms with van der Waals surface area (Å²) in [6.45, 7) is 0. The van der Waals surface area contributed by atoms with Gasteiger partial charge in [0.2, 0.25) is 0 Å². The average Bonchev–Trinajstić information content (AvgIpc) is 2.50. The van der Waals surface area contributed by atoms with Crippen molar-refractivity contribution in [1.82, 2.24) is 15.2 Å². The van der Waals surface area contributed by atoms with Crippen LogP contribution in [0.4, 0.5) is 0 Å². The second-order valence-corrected chi connectivity index (χ2v) is 5.78. The summed E-state index contributed by atoms with van der Waals surface area (Å²) in [6.07, 6.45) is 1.69. The van der Waals surface area contributed by atoms with Crippen molar-refractivity contribution in [1.29, 1.82) is 0 Å². The molecule has 1 heterocycles. The lowest BCUT2D eigenvalue weighted by Gasteiger charge is -2.06. The van der Waals surface area contributed by atoms with Crippen LogP contribution in [0.5, 0.6) is 0 Å². The smallest absolute Gasteiger partial charge is 0.324 e. The third-order valence-corrected chi connectivity index (χ3v) is 3.41. The van der Waals surface area contributed by atoms with E-state index in [1.54, 1.807) is 0 Å². The van der Waals surface area contributed by atoms with Gasteiger partial charge in [0.15, 0.2) is 5.82 Å². The van der Waals surface area contributed by atoms with Crippen LogP contribution < -0.4 is 0 Å². The zero-order valence-electron chi connectivity index (χ0n) is 6.59. The summed E-state index contributed by atoms with van der Waals surface area (Å²) in [7, 11) is -3.89. The number of hydrogen-bond donors (Lipinski definition) is 3. The van der Waals surface area contributed by atoms with Gasteiger partial charge in [0.05, 0.1) is 10.1 Å². The summed E-state index contributed by atoms with van der Waals surface area (Å²) in [5.74, 6) is 0.578. The van der Waals surface area contributed by atoms with Crippen molar-refractivity contribution in [3.8, 4) is 0 Å². The van der Waals surface area contributed by atoms with Gasteiger partial charge in [-0.3, -0.25) is 9.66 Å². The monoisotopic (exact) mass is 317 g/mol. The maximum atomic E-state index is 10.5. The molecule has 1 aromatic rings. The molecular weight excluding hydrogens is 308 g/mol. The molecule has 0 bridgehead atoms. The Hall–Kier alpha value is 0.0200. The van der Waals surface area contributed by atoms with Gasteiger partial charge in [-0.15, -0.1) is 0 Å². The van der Waals surface area contributed by atoms with Crippen LogP contribution in [0.15, 0.2) is 6.33 Å². The predicted octanol–water partition coefficient (Wildman–Crippen LogP) is 0.849. The largest absolute Gasteiger partial charge is 0.325 e. The molecule has 0 aliphatic carbocycles. The number of nitrogens with one attached hydrogen (secondary N) is 1. The van der Waals surface area contributed by atoms with Gasteiger partial charge in [0.25, 0.3) is 0 Å². The molecule has 1 unspecified atom stereocenters. The molecule has 0 fully saturated rings. The predicted molar refractivity (Wildman–Crippen MR) is 54.7 cm³/mol. The van der Waals surface area contributed by atoms with Gasteiger partial charge < -0.3 is 9.79 Å². The molecule has 3 N–H and O–H groups in total. The Bertz CT molecular complexity index is 298. The van der Waals surface area contributed by atoms with Crippen LogP contribution in [0.3, 0.4) is 0 Å². The summed E-state index contributed by atoms with van der Waals surface area (Å²) < 4.78 is 10.5. The lowest BCUT2D eigenvalue weighted by atomic mass is 10.3. The zero-order valence-corrected chi connectivity index (χ0v) is 9.64. The number of nitrogens with zero attached hydrogens (tertiary/aromatic N) is 2. The molecule has 0 amide bonds. The highest BCUT2D eigenvalue weighted by molar-refractivity contribution is 14.1. The van der Waals surface area contributed by atoms with E-state index < -0.39 is 7.60 Å². The molecule has 0 aromatic carbocycles. The van der Waals surface area contributed by atoms with Crippen LogP contribution in [0, 0.1) is 0 Å². The van der Waals surface area contributed by atoms with Gasteiger partial charge in [-0.2, -0.15) is 5.10 Å².